The van der Waals surface area contributed by atoms with Crippen LogP contribution in [0.2, 0.25) is 0 Å². The first kappa shape index (κ1) is 16.2. The molecule has 0 aliphatic rings. The van der Waals surface area contributed by atoms with Crippen LogP contribution >= 0.6 is 0 Å². The third kappa shape index (κ3) is 4.31. The van der Waals surface area contributed by atoms with Crippen molar-refractivity contribution in [1.29, 1.82) is 0 Å². The molecule has 1 rings (SSSR count). The fraction of sp³-hybridized carbons (Fsp3) is 0. The summed E-state index contributed by atoms with van der Waals surface area (Å²) in [6.07, 6.45) is 0. The van der Waals surface area contributed by atoms with Crippen LogP contribution in [0, 0.1) is 0 Å². The summed E-state index contributed by atoms with van der Waals surface area (Å²) in [6, 6.07) is 5.20. The molecule has 0 heterocycles. The number of rotatable bonds is 2. The van der Waals surface area contributed by atoms with E-state index in [0.29, 0.717) is 0 Å². The molecule has 4 N–H and O–H groups in total. The van der Waals surface area contributed by atoms with Crippen LogP contribution < -0.4 is 0 Å². The van der Waals surface area contributed by atoms with E-state index in [1.165, 1.54) is 18.2 Å². The van der Waals surface area contributed by atoms with Crippen molar-refractivity contribution in [2.75, 3.05) is 0 Å². The molecular formula is C8H9KO5. The number of aromatic carboxylic acids is 2. The molecule has 0 aromatic heterocycles. The van der Waals surface area contributed by atoms with E-state index in [9.17, 15) is 9.59 Å². The Morgan fingerprint density at radius 1 is 1.00 bits per heavy atom. The summed E-state index contributed by atoms with van der Waals surface area (Å²) in [5.74, 6) is -2.25. The third-order valence-electron chi connectivity index (χ3n) is 1.36. The first-order valence-corrected chi connectivity index (χ1v) is 3.18. The van der Waals surface area contributed by atoms with E-state index in [2.05, 4.69) is 0 Å². The topological polar surface area (TPSA) is 106 Å². The average Bonchev–Trinajstić information content (AvgIpc) is 2.04. The van der Waals surface area contributed by atoms with Crippen LogP contribution in [0.3, 0.4) is 0 Å². The fourth-order valence-electron chi connectivity index (χ4n) is 0.785. The van der Waals surface area contributed by atoms with E-state index in [1.54, 1.807) is 0 Å². The average molecular weight is 224 g/mol. The minimum atomic E-state index is -1.13. The van der Waals surface area contributed by atoms with Gasteiger partial charge >= 0.3 is 63.3 Å². The van der Waals surface area contributed by atoms with Gasteiger partial charge in [-0.2, -0.15) is 0 Å². The van der Waals surface area contributed by atoms with Crippen molar-refractivity contribution in [2.45, 2.75) is 0 Å². The van der Waals surface area contributed by atoms with Crippen LogP contribution in [-0.2, 0) is 0 Å². The zero-order valence-electron chi connectivity index (χ0n) is 6.52. The van der Waals surface area contributed by atoms with Crippen LogP contribution in [0.5, 0.6) is 0 Å². The Labute approximate surface area is 122 Å². The maximum absolute atomic E-state index is 10.4. The van der Waals surface area contributed by atoms with Gasteiger partial charge in [-0.15, -0.1) is 0 Å². The summed E-state index contributed by atoms with van der Waals surface area (Å²) in [7, 11) is 0. The van der Waals surface area contributed by atoms with Crippen LogP contribution in [0.1, 0.15) is 20.7 Å². The summed E-state index contributed by atoms with van der Waals surface area (Å²) < 4.78 is 0. The molecule has 0 saturated heterocycles. The van der Waals surface area contributed by atoms with E-state index >= 15 is 0 Å². The molecule has 6 heteroatoms. The molecule has 1 aromatic rings. The maximum atomic E-state index is 10.4. The molecule has 72 valence electrons. The number of hydrogen-bond acceptors (Lipinski definition) is 2. The number of carboxylic acid groups (broad SMARTS) is 2. The van der Waals surface area contributed by atoms with Crippen molar-refractivity contribution >= 4 is 63.3 Å². The molecule has 0 fully saturated rings. The molecule has 0 saturated carbocycles. The number of hydrogen-bond donors (Lipinski definition) is 2. The van der Waals surface area contributed by atoms with E-state index in [4.69, 9.17) is 10.2 Å². The van der Waals surface area contributed by atoms with Crippen molar-refractivity contribution in [2.24, 2.45) is 0 Å². The van der Waals surface area contributed by atoms with Crippen molar-refractivity contribution in [3.63, 3.8) is 0 Å². The summed E-state index contributed by atoms with van der Waals surface area (Å²) in [6.45, 7) is 0. The predicted octanol–water partition coefficient (Wildman–Crippen LogP) is -0.390. The Balaban J connectivity index is 0. The van der Waals surface area contributed by atoms with E-state index in [1.807, 2.05) is 0 Å². The van der Waals surface area contributed by atoms with Gasteiger partial charge in [0.1, 0.15) is 0 Å². The van der Waals surface area contributed by atoms with Crippen LogP contribution in [0.15, 0.2) is 24.3 Å². The molecule has 0 aliphatic carbocycles. The van der Waals surface area contributed by atoms with Crippen molar-refractivity contribution < 1.29 is 25.3 Å². The second kappa shape index (κ2) is 7.10. The van der Waals surface area contributed by atoms with Gasteiger partial charge in [0, 0.05) is 0 Å². The van der Waals surface area contributed by atoms with Crippen LogP contribution in [0.25, 0.3) is 0 Å². The van der Waals surface area contributed by atoms with E-state index < -0.39 is 11.9 Å². The Morgan fingerprint density at radius 2 is 1.36 bits per heavy atom. The van der Waals surface area contributed by atoms with Crippen molar-refractivity contribution in [1.82, 2.24) is 0 Å². The standard InChI is InChI=1S/C8H6O4.K.H2O.H/c9-7(10)5-2-1-3-6(4-5)8(11)12;;;/h1-4H,(H,9,10)(H,11,12);;1H2;. The Bertz CT molecular complexity index is 307. The first-order valence-electron chi connectivity index (χ1n) is 3.18. The molecule has 14 heavy (non-hydrogen) atoms. The van der Waals surface area contributed by atoms with Crippen LogP contribution in [-0.4, -0.2) is 79.0 Å². The Hall–Kier alpha value is -0.244. The second-order valence-corrected chi connectivity index (χ2v) is 2.19. The zero-order valence-corrected chi connectivity index (χ0v) is 6.52. The minimum absolute atomic E-state index is 0. The van der Waals surface area contributed by atoms with Crippen molar-refractivity contribution in [3.05, 3.63) is 35.4 Å². The van der Waals surface area contributed by atoms with Gasteiger partial charge in [0.25, 0.3) is 0 Å². The first-order chi connectivity index (χ1) is 5.61. The van der Waals surface area contributed by atoms with Gasteiger partial charge in [-0.05, 0) is 18.2 Å². The normalized spacial score (nSPS) is 8.00. The number of carbonyl (C=O) groups is 2. The molecule has 0 bridgehead atoms. The summed E-state index contributed by atoms with van der Waals surface area (Å²) in [5.41, 5.74) is -0.0372. The van der Waals surface area contributed by atoms with Gasteiger partial charge in [0.15, 0.2) is 0 Å². The molecule has 5 nitrogen and oxygen atoms in total. The molecule has 0 unspecified atom stereocenters. The van der Waals surface area contributed by atoms with Gasteiger partial charge in [0.2, 0.25) is 0 Å². The second-order valence-electron chi connectivity index (χ2n) is 2.19. The molecule has 0 aliphatic heterocycles. The van der Waals surface area contributed by atoms with Gasteiger partial charge in [0.05, 0.1) is 11.1 Å². The van der Waals surface area contributed by atoms with Crippen molar-refractivity contribution in [3.8, 4) is 0 Å². The monoisotopic (exact) mass is 224 g/mol. The molecule has 0 amide bonds. The molecule has 0 radical (unpaired) electrons. The number of carboxylic acids is 2. The molecule has 0 atom stereocenters. The van der Waals surface area contributed by atoms with Gasteiger partial charge in [-0.25, -0.2) is 9.59 Å². The quantitative estimate of drug-likeness (QED) is 0.667. The van der Waals surface area contributed by atoms with E-state index in [0.717, 1.165) is 6.07 Å². The molecule has 0 spiro atoms. The van der Waals surface area contributed by atoms with Crippen LogP contribution in [0.4, 0.5) is 0 Å². The third-order valence-corrected chi connectivity index (χ3v) is 1.36. The summed E-state index contributed by atoms with van der Waals surface area (Å²) >= 11 is 0. The molecule has 1 aromatic carbocycles. The summed E-state index contributed by atoms with van der Waals surface area (Å²) in [4.78, 5) is 20.8. The number of benzene rings is 1. The van der Waals surface area contributed by atoms with Gasteiger partial charge < -0.3 is 15.7 Å². The van der Waals surface area contributed by atoms with E-state index in [-0.39, 0.29) is 68.0 Å². The predicted molar refractivity (Wildman–Crippen MR) is 51.1 cm³/mol. The zero-order chi connectivity index (χ0) is 9.14. The summed E-state index contributed by atoms with van der Waals surface area (Å²) in [5, 5.41) is 17.0. The fourth-order valence-corrected chi connectivity index (χ4v) is 0.785. The Morgan fingerprint density at radius 3 is 1.64 bits per heavy atom. The SMILES string of the molecule is O.O=C(O)c1cccc(C(=O)O)c1.[KH]. The Kier molecular flexibility index (Phi) is 8.22. The van der Waals surface area contributed by atoms with Gasteiger partial charge in [-0.3, -0.25) is 0 Å². The van der Waals surface area contributed by atoms with Gasteiger partial charge in [-0.1, -0.05) is 6.07 Å². The molecular weight excluding hydrogens is 215 g/mol.